The number of rotatable bonds is 6. The maximum atomic E-state index is 13.1. The van der Waals surface area contributed by atoms with Gasteiger partial charge in [-0.05, 0) is 36.6 Å². The lowest BCUT2D eigenvalue weighted by molar-refractivity contribution is -0.137. The van der Waals surface area contributed by atoms with E-state index in [-0.39, 0.29) is 18.0 Å². The Bertz CT molecular complexity index is 788. The maximum Gasteiger partial charge on any atom is 0.416 e. The minimum atomic E-state index is -4.46. The molecule has 0 atom stereocenters. The molecule has 1 aliphatic heterocycles. The van der Waals surface area contributed by atoms with E-state index in [1.165, 1.54) is 6.07 Å². The normalized spacial score (nSPS) is 14.8. The van der Waals surface area contributed by atoms with Crippen molar-refractivity contribution in [1.29, 1.82) is 0 Å². The van der Waals surface area contributed by atoms with E-state index in [9.17, 15) is 18.0 Å². The zero-order valence-corrected chi connectivity index (χ0v) is 15.5. The van der Waals surface area contributed by atoms with Gasteiger partial charge >= 0.3 is 6.18 Å². The molecule has 0 aliphatic carbocycles. The number of benzene rings is 2. The van der Waals surface area contributed by atoms with Crippen molar-refractivity contribution in [3.8, 4) is 0 Å². The van der Waals surface area contributed by atoms with Crippen molar-refractivity contribution in [2.45, 2.75) is 25.4 Å². The Hall–Kier alpha value is -2.54. The van der Waals surface area contributed by atoms with Crippen LogP contribution in [0.1, 0.15) is 24.0 Å². The lowest BCUT2D eigenvalue weighted by Crippen LogP contribution is -2.36. The van der Waals surface area contributed by atoms with Gasteiger partial charge in [0.15, 0.2) is 0 Å². The molecule has 0 bridgehead atoms. The highest BCUT2D eigenvalue weighted by Crippen LogP contribution is 2.35. The molecular formula is C21H23F3N2O2. The Kier molecular flexibility index (Phi) is 6.57. The molecule has 1 heterocycles. The van der Waals surface area contributed by atoms with E-state index >= 15 is 0 Å². The van der Waals surface area contributed by atoms with Crippen molar-refractivity contribution < 1.29 is 22.7 Å². The van der Waals surface area contributed by atoms with Crippen molar-refractivity contribution in [3.63, 3.8) is 0 Å². The number of aryl methyl sites for hydroxylation is 1. The van der Waals surface area contributed by atoms with E-state index in [0.717, 1.165) is 24.1 Å². The molecule has 0 aromatic heterocycles. The van der Waals surface area contributed by atoms with E-state index in [1.807, 2.05) is 35.2 Å². The smallest absolute Gasteiger partial charge is 0.378 e. The molecule has 0 unspecified atom stereocenters. The molecule has 1 N–H and O–H groups in total. The second kappa shape index (κ2) is 9.10. The van der Waals surface area contributed by atoms with E-state index in [0.29, 0.717) is 38.4 Å². The second-order valence-electron chi connectivity index (χ2n) is 6.72. The summed E-state index contributed by atoms with van der Waals surface area (Å²) in [6.07, 6.45) is -2.85. The summed E-state index contributed by atoms with van der Waals surface area (Å²) < 4.78 is 44.7. The first kappa shape index (κ1) is 20.2. The topological polar surface area (TPSA) is 41.6 Å². The minimum absolute atomic E-state index is 0.196. The minimum Gasteiger partial charge on any atom is -0.378 e. The Morgan fingerprint density at radius 1 is 1.07 bits per heavy atom. The molecule has 2 aromatic rings. The number of nitrogens with zero attached hydrogens (tertiary/aromatic N) is 1. The zero-order valence-electron chi connectivity index (χ0n) is 15.5. The molecule has 0 saturated carbocycles. The molecule has 1 amide bonds. The van der Waals surface area contributed by atoms with Gasteiger partial charge in [-0.3, -0.25) is 4.79 Å². The molecule has 1 fully saturated rings. The van der Waals surface area contributed by atoms with Crippen LogP contribution in [0.2, 0.25) is 0 Å². The highest BCUT2D eigenvalue weighted by Gasteiger charge is 2.31. The number of nitrogens with one attached hydrogen (secondary N) is 1. The number of ether oxygens (including phenoxy) is 1. The number of halogens is 3. The lowest BCUT2D eigenvalue weighted by Gasteiger charge is -2.31. The van der Waals surface area contributed by atoms with Crippen LogP contribution in [0, 0.1) is 0 Å². The summed E-state index contributed by atoms with van der Waals surface area (Å²) in [5.41, 5.74) is 1.14. The maximum absolute atomic E-state index is 13.1. The number of morpholine rings is 1. The van der Waals surface area contributed by atoms with Gasteiger partial charge in [-0.25, -0.2) is 0 Å². The molecule has 1 aliphatic rings. The van der Waals surface area contributed by atoms with Crippen molar-refractivity contribution in [2.75, 3.05) is 36.5 Å². The van der Waals surface area contributed by atoms with Crippen LogP contribution in [0.25, 0.3) is 0 Å². The quantitative estimate of drug-likeness (QED) is 0.787. The molecular weight excluding hydrogens is 369 g/mol. The van der Waals surface area contributed by atoms with Crippen molar-refractivity contribution in [3.05, 3.63) is 59.7 Å². The third-order valence-electron chi connectivity index (χ3n) is 4.66. The van der Waals surface area contributed by atoms with Crippen LogP contribution in [0.5, 0.6) is 0 Å². The molecule has 0 spiro atoms. The van der Waals surface area contributed by atoms with Crippen LogP contribution in [-0.2, 0) is 22.1 Å². The predicted molar refractivity (Wildman–Crippen MR) is 102 cm³/mol. The third-order valence-corrected chi connectivity index (χ3v) is 4.66. The van der Waals surface area contributed by atoms with Gasteiger partial charge in [0.2, 0.25) is 5.91 Å². The second-order valence-corrected chi connectivity index (χ2v) is 6.72. The molecule has 4 nitrogen and oxygen atoms in total. The number of carbonyl (C=O) groups excluding carboxylic acids is 1. The van der Waals surface area contributed by atoms with Gasteiger partial charge in [-0.2, -0.15) is 13.2 Å². The Morgan fingerprint density at radius 3 is 2.46 bits per heavy atom. The molecule has 3 rings (SSSR count). The van der Waals surface area contributed by atoms with Crippen LogP contribution in [0.3, 0.4) is 0 Å². The highest BCUT2D eigenvalue weighted by atomic mass is 19.4. The van der Waals surface area contributed by atoms with Crippen molar-refractivity contribution >= 4 is 17.3 Å². The van der Waals surface area contributed by atoms with Gasteiger partial charge in [0.1, 0.15) is 0 Å². The van der Waals surface area contributed by atoms with Gasteiger partial charge in [0.05, 0.1) is 30.2 Å². The van der Waals surface area contributed by atoms with E-state index in [1.54, 1.807) is 0 Å². The van der Waals surface area contributed by atoms with Crippen LogP contribution in [0.15, 0.2) is 48.5 Å². The summed E-state index contributed by atoms with van der Waals surface area (Å²) in [5.74, 6) is -0.287. The lowest BCUT2D eigenvalue weighted by atomic mass is 10.1. The first-order valence-corrected chi connectivity index (χ1v) is 9.31. The number of carbonyl (C=O) groups is 1. The van der Waals surface area contributed by atoms with Gasteiger partial charge in [0, 0.05) is 19.5 Å². The number of alkyl halides is 3. The largest absolute Gasteiger partial charge is 0.416 e. The standard InChI is InChI=1S/C21H23F3N2O2/c22-21(23,24)17-9-10-19(26-11-13-28-14-12-26)18(15-17)25-20(27)8-4-7-16-5-2-1-3-6-16/h1-3,5-6,9-10,15H,4,7-8,11-14H2,(H,25,27). The predicted octanol–water partition coefficient (Wildman–Crippen LogP) is 4.50. The zero-order chi connectivity index (χ0) is 20.0. The summed E-state index contributed by atoms with van der Waals surface area (Å²) >= 11 is 0. The number of hydrogen-bond donors (Lipinski definition) is 1. The third kappa shape index (κ3) is 5.48. The fourth-order valence-electron chi connectivity index (χ4n) is 3.20. The average Bonchev–Trinajstić information content (AvgIpc) is 2.69. The molecule has 150 valence electrons. The van der Waals surface area contributed by atoms with Crippen LogP contribution < -0.4 is 10.2 Å². The first-order valence-electron chi connectivity index (χ1n) is 9.31. The molecule has 2 aromatic carbocycles. The molecule has 0 radical (unpaired) electrons. The van der Waals surface area contributed by atoms with Gasteiger partial charge in [0.25, 0.3) is 0 Å². The van der Waals surface area contributed by atoms with Gasteiger partial charge in [-0.15, -0.1) is 0 Å². The summed E-state index contributed by atoms with van der Waals surface area (Å²) in [7, 11) is 0. The highest BCUT2D eigenvalue weighted by molar-refractivity contribution is 5.94. The van der Waals surface area contributed by atoms with E-state index < -0.39 is 11.7 Å². The monoisotopic (exact) mass is 392 g/mol. The number of amides is 1. The summed E-state index contributed by atoms with van der Waals surface area (Å²) in [6, 6.07) is 13.3. The van der Waals surface area contributed by atoms with Crippen molar-refractivity contribution in [1.82, 2.24) is 0 Å². The first-order chi connectivity index (χ1) is 13.4. The Labute approximate surface area is 162 Å². The Balaban J connectivity index is 1.69. The SMILES string of the molecule is O=C(CCCc1ccccc1)Nc1cc(C(F)(F)F)ccc1N1CCOCC1. The summed E-state index contributed by atoms with van der Waals surface area (Å²) in [4.78, 5) is 14.3. The van der Waals surface area contributed by atoms with Crippen molar-refractivity contribution in [2.24, 2.45) is 0 Å². The van der Waals surface area contributed by atoms with Gasteiger partial charge < -0.3 is 15.0 Å². The van der Waals surface area contributed by atoms with Crippen LogP contribution in [-0.4, -0.2) is 32.2 Å². The molecule has 7 heteroatoms. The van der Waals surface area contributed by atoms with E-state index in [4.69, 9.17) is 4.74 Å². The van der Waals surface area contributed by atoms with E-state index in [2.05, 4.69) is 5.32 Å². The van der Waals surface area contributed by atoms with Crippen LogP contribution in [0.4, 0.5) is 24.5 Å². The number of hydrogen-bond acceptors (Lipinski definition) is 3. The van der Waals surface area contributed by atoms with Gasteiger partial charge in [-0.1, -0.05) is 30.3 Å². The average molecular weight is 392 g/mol. The molecule has 1 saturated heterocycles. The molecule has 28 heavy (non-hydrogen) atoms. The van der Waals surface area contributed by atoms with Crippen LogP contribution >= 0.6 is 0 Å². The summed E-state index contributed by atoms with van der Waals surface area (Å²) in [5, 5.41) is 2.69. The fourth-order valence-corrected chi connectivity index (χ4v) is 3.20. The Morgan fingerprint density at radius 2 is 1.79 bits per heavy atom. The number of anilines is 2. The summed E-state index contributed by atoms with van der Waals surface area (Å²) in [6.45, 7) is 2.15. The fraction of sp³-hybridized carbons (Fsp3) is 0.381.